The van der Waals surface area contributed by atoms with Crippen molar-refractivity contribution in [3.63, 3.8) is 0 Å². The van der Waals surface area contributed by atoms with Crippen LogP contribution >= 0.6 is 12.0 Å². The summed E-state index contributed by atoms with van der Waals surface area (Å²) in [5, 5.41) is 15.3. The van der Waals surface area contributed by atoms with Crippen LogP contribution in [0.4, 0.5) is 24.5 Å². The molecule has 1 aliphatic carbocycles. The minimum absolute atomic E-state index is 0.0673. The lowest BCUT2D eigenvalue weighted by Gasteiger charge is -2.13. The van der Waals surface area contributed by atoms with Crippen LogP contribution in [0.25, 0.3) is 0 Å². The van der Waals surface area contributed by atoms with Crippen LogP contribution < -0.4 is 10.6 Å². The third kappa shape index (κ3) is 5.20. The first-order chi connectivity index (χ1) is 12.8. The van der Waals surface area contributed by atoms with Gasteiger partial charge in [0.1, 0.15) is 5.71 Å². The number of nitrogens with zero attached hydrogens (tertiary/aromatic N) is 1. The van der Waals surface area contributed by atoms with Crippen molar-refractivity contribution in [2.24, 2.45) is 5.92 Å². The molecule has 0 atom stereocenters. The lowest BCUT2D eigenvalue weighted by molar-refractivity contribution is -0.0584. The molecule has 0 unspecified atom stereocenters. The first-order valence-electron chi connectivity index (χ1n) is 8.48. The molecule has 1 aliphatic heterocycles. The fourth-order valence-corrected chi connectivity index (χ4v) is 2.91. The number of allylic oxidation sites excluding steroid dienone is 3. The van der Waals surface area contributed by atoms with Crippen LogP contribution in [0.5, 0.6) is 0 Å². The molecule has 1 saturated carbocycles. The number of benzene rings is 1. The van der Waals surface area contributed by atoms with Gasteiger partial charge in [-0.05, 0) is 56.0 Å². The normalized spacial score (nSPS) is 17.2. The second-order valence-corrected chi connectivity index (χ2v) is 6.89. The van der Waals surface area contributed by atoms with Gasteiger partial charge in [-0.3, -0.25) is 5.41 Å². The van der Waals surface area contributed by atoms with Gasteiger partial charge >= 0.3 is 6.18 Å². The van der Waals surface area contributed by atoms with Crippen molar-refractivity contribution in [3.05, 3.63) is 47.4 Å². The van der Waals surface area contributed by atoms with Gasteiger partial charge < -0.3 is 10.6 Å². The molecule has 9 heteroatoms. The van der Waals surface area contributed by atoms with Crippen molar-refractivity contribution in [3.8, 4) is 0 Å². The number of alkyl halides is 3. The fourth-order valence-electron chi connectivity index (χ4n) is 2.56. The summed E-state index contributed by atoms with van der Waals surface area (Å²) in [6.45, 7) is 2.61. The molecule has 2 aliphatic rings. The van der Waals surface area contributed by atoms with E-state index in [9.17, 15) is 13.2 Å². The van der Waals surface area contributed by atoms with E-state index in [-0.39, 0.29) is 5.92 Å². The summed E-state index contributed by atoms with van der Waals surface area (Å²) in [5.41, 5.74) is 2.87. The third-order valence-electron chi connectivity index (χ3n) is 4.32. The van der Waals surface area contributed by atoms with Gasteiger partial charge in [-0.25, -0.2) is 5.06 Å². The average molecular weight is 398 g/mol. The van der Waals surface area contributed by atoms with E-state index in [0.717, 1.165) is 36.0 Å². The van der Waals surface area contributed by atoms with E-state index in [1.807, 2.05) is 25.3 Å². The second-order valence-electron chi connectivity index (χ2n) is 6.41. The number of halogens is 3. The van der Waals surface area contributed by atoms with Gasteiger partial charge in [0.05, 0.1) is 17.9 Å². The number of hydrogen-bond donors (Lipinski definition) is 3. The van der Waals surface area contributed by atoms with E-state index in [4.69, 9.17) is 9.69 Å². The van der Waals surface area contributed by atoms with E-state index < -0.39 is 11.9 Å². The predicted octanol–water partition coefficient (Wildman–Crippen LogP) is 5.14. The highest BCUT2D eigenvalue weighted by Crippen LogP contribution is 2.38. The fraction of sp³-hybridized carbons (Fsp3) is 0.389. The average Bonchev–Trinajstić information content (AvgIpc) is 3.53. The van der Waals surface area contributed by atoms with E-state index in [2.05, 4.69) is 10.6 Å². The number of rotatable bonds is 9. The van der Waals surface area contributed by atoms with Crippen LogP contribution in [0.2, 0.25) is 0 Å². The highest BCUT2D eigenvalue weighted by Gasteiger charge is 2.35. The Hall–Kier alpha value is -2.13. The van der Waals surface area contributed by atoms with Crippen molar-refractivity contribution in [2.75, 3.05) is 23.4 Å². The van der Waals surface area contributed by atoms with Crippen LogP contribution in [-0.4, -0.2) is 29.8 Å². The smallest absolute Gasteiger partial charge is 0.379 e. The topological polar surface area (TPSA) is 60.1 Å². The van der Waals surface area contributed by atoms with Gasteiger partial charge in [0, 0.05) is 35.4 Å². The van der Waals surface area contributed by atoms with Crippen LogP contribution in [0, 0.1) is 11.3 Å². The minimum Gasteiger partial charge on any atom is -0.379 e. The quantitative estimate of drug-likeness (QED) is 0.397. The molecular weight excluding hydrogens is 377 g/mol. The molecule has 146 valence electrons. The molecule has 0 radical (unpaired) electrons. The molecule has 3 N–H and O–H groups in total. The monoisotopic (exact) mass is 398 g/mol. The van der Waals surface area contributed by atoms with Crippen molar-refractivity contribution >= 4 is 29.1 Å². The number of hydrogen-bond acceptors (Lipinski definition) is 6. The number of anilines is 2. The Morgan fingerprint density at radius 2 is 1.93 bits per heavy atom. The maximum atomic E-state index is 12.6. The molecule has 0 saturated heterocycles. The molecule has 0 amide bonds. The zero-order valence-electron chi connectivity index (χ0n) is 15.0. The summed E-state index contributed by atoms with van der Waals surface area (Å²) in [5.74, 6) is 0.0673. The maximum absolute atomic E-state index is 12.6. The van der Waals surface area contributed by atoms with Gasteiger partial charge in [0.25, 0.3) is 0 Å². The van der Waals surface area contributed by atoms with Crippen molar-refractivity contribution < 1.29 is 17.5 Å². The Balaban J connectivity index is 1.57. The maximum Gasteiger partial charge on any atom is 0.432 e. The predicted molar refractivity (Wildman–Crippen MR) is 102 cm³/mol. The summed E-state index contributed by atoms with van der Waals surface area (Å²) in [6, 6.07) is 7.33. The Kier molecular flexibility index (Phi) is 5.71. The zero-order chi connectivity index (χ0) is 19.6. The van der Waals surface area contributed by atoms with E-state index >= 15 is 0 Å². The van der Waals surface area contributed by atoms with E-state index in [1.165, 1.54) is 12.0 Å². The van der Waals surface area contributed by atoms with Crippen LogP contribution in [0.1, 0.15) is 19.8 Å². The summed E-state index contributed by atoms with van der Waals surface area (Å²) in [4.78, 5) is 0. The van der Waals surface area contributed by atoms with Gasteiger partial charge in [0.2, 0.25) is 0 Å². The van der Waals surface area contributed by atoms with Crippen LogP contribution in [0.15, 0.2) is 47.4 Å². The molecule has 0 bridgehead atoms. The van der Waals surface area contributed by atoms with Crippen molar-refractivity contribution in [1.82, 2.24) is 5.06 Å². The summed E-state index contributed by atoms with van der Waals surface area (Å²) in [7, 11) is 0. The van der Waals surface area contributed by atoms with E-state index in [0.29, 0.717) is 17.9 Å². The molecule has 1 aromatic carbocycles. The lowest BCUT2D eigenvalue weighted by atomic mass is 10.2. The lowest BCUT2D eigenvalue weighted by Crippen LogP contribution is -2.21. The van der Waals surface area contributed by atoms with Gasteiger partial charge in [-0.1, -0.05) is 0 Å². The van der Waals surface area contributed by atoms with Crippen LogP contribution in [-0.2, 0) is 4.28 Å². The first kappa shape index (κ1) is 19.6. The van der Waals surface area contributed by atoms with Crippen molar-refractivity contribution in [1.29, 1.82) is 5.41 Å². The number of nitrogens with one attached hydrogen (secondary N) is 3. The Labute approximate surface area is 160 Å². The second kappa shape index (κ2) is 7.85. The summed E-state index contributed by atoms with van der Waals surface area (Å²) in [6.07, 6.45) is -0.201. The Morgan fingerprint density at radius 1 is 1.30 bits per heavy atom. The summed E-state index contributed by atoms with van der Waals surface area (Å²) < 4.78 is 43.2. The number of hydroxylamine groups is 2. The summed E-state index contributed by atoms with van der Waals surface area (Å²) >= 11 is 1.28. The molecule has 0 spiro atoms. The standard InChI is InChI=1S/C18H21F3N4OS/c1-11-16(25(11)26-27-2)10-23-13-5-7-14(8-6-13)24-15(12-3-4-12)9-17(22)18(19,20)21/h5-9,12,22-24H,3-4,10H2,1-2H3/b15-9-,22-17?. The molecular formula is C18H21F3N4OS. The molecule has 1 heterocycles. The van der Waals surface area contributed by atoms with Gasteiger partial charge in [0.15, 0.2) is 0 Å². The highest BCUT2D eigenvalue weighted by molar-refractivity contribution is 7.93. The molecule has 0 aromatic heterocycles. The van der Waals surface area contributed by atoms with Crippen LogP contribution in [0.3, 0.4) is 0 Å². The molecule has 3 rings (SSSR count). The van der Waals surface area contributed by atoms with Crippen molar-refractivity contribution in [2.45, 2.75) is 25.9 Å². The zero-order valence-corrected chi connectivity index (χ0v) is 15.8. The first-order valence-corrected chi connectivity index (χ1v) is 9.63. The minimum atomic E-state index is -4.63. The highest BCUT2D eigenvalue weighted by atomic mass is 32.2. The Bertz CT molecular complexity index is 770. The van der Waals surface area contributed by atoms with Gasteiger partial charge in [-0.2, -0.15) is 17.5 Å². The molecule has 27 heavy (non-hydrogen) atoms. The van der Waals surface area contributed by atoms with Gasteiger partial charge in [-0.15, -0.1) is 0 Å². The largest absolute Gasteiger partial charge is 0.432 e. The SMILES string of the molecule is CSON1C(C)=C1CNc1ccc(N/C(=C\C(=N)C(F)(F)F)C2CC2)cc1. The molecule has 1 fully saturated rings. The third-order valence-corrected chi connectivity index (χ3v) is 4.62. The van der Waals surface area contributed by atoms with E-state index in [1.54, 1.807) is 17.2 Å². The molecule has 1 aromatic rings. The Morgan fingerprint density at radius 3 is 2.48 bits per heavy atom. The molecule has 5 nitrogen and oxygen atoms in total.